The summed E-state index contributed by atoms with van der Waals surface area (Å²) in [4.78, 5) is 20.3. The van der Waals surface area contributed by atoms with Crippen LogP contribution in [0.5, 0.6) is 0 Å². The van der Waals surface area contributed by atoms with Crippen molar-refractivity contribution >= 4 is 16.8 Å². The van der Waals surface area contributed by atoms with E-state index in [0.717, 1.165) is 24.0 Å². The molecule has 4 heteroatoms. The Morgan fingerprint density at radius 3 is 3.06 bits per heavy atom. The Morgan fingerprint density at radius 2 is 2.29 bits per heavy atom. The lowest BCUT2D eigenvalue weighted by Gasteiger charge is -2.14. The number of benzene rings is 1. The third-order valence-electron chi connectivity index (χ3n) is 2.76. The van der Waals surface area contributed by atoms with Crippen LogP contribution in [0, 0.1) is 0 Å². The van der Waals surface area contributed by atoms with E-state index in [1.54, 1.807) is 13.3 Å². The Hall–Kier alpha value is -1.68. The van der Waals surface area contributed by atoms with Gasteiger partial charge in [0, 0.05) is 6.54 Å². The van der Waals surface area contributed by atoms with Gasteiger partial charge in [-0.25, -0.2) is 4.98 Å². The summed E-state index contributed by atoms with van der Waals surface area (Å²) >= 11 is 0. The Bertz CT molecular complexity index is 518. The van der Waals surface area contributed by atoms with E-state index in [9.17, 15) is 4.79 Å². The molecule has 17 heavy (non-hydrogen) atoms. The van der Waals surface area contributed by atoms with Gasteiger partial charge in [-0.3, -0.25) is 9.69 Å². The summed E-state index contributed by atoms with van der Waals surface area (Å²) in [5, 5.41) is 0. The van der Waals surface area contributed by atoms with E-state index in [2.05, 4.69) is 22.1 Å². The second-order valence-corrected chi connectivity index (χ2v) is 4.44. The van der Waals surface area contributed by atoms with Gasteiger partial charge in [0.1, 0.15) is 5.78 Å². The van der Waals surface area contributed by atoms with E-state index in [4.69, 9.17) is 0 Å². The minimum absolute atomic E-state index is 0.205. The summed E-state index contributed by atoms with van der Waals surface area (Å²) in [7, 11) is 1.97. The topological polar surface area (TPSA) is 49.0 Å². The second-order valence-electron chi connectivity index (χ2n) is 4.44. The zero-order valence-corrected chi connectivity index (χ0v) is 10.2. The van der Waals surface area contributed by atoms with Crippen LogP contribution >= 0.6 is 0 Å². The van der Waals surface area contributed by atoms with Crippen LogP contribution in [0.1, 0.15) is 12.5 Å². The number of aromatic amines is 1. The molecule has 0 atom stereocenters. The van der Waals surface area contributed by atoms with Gasteiger partial charge in [-0.05, 0) is 38.1 Å². The maximum Gasteiger partial charge on any atom is 0.143 e. The van der Waals surface area contributed by atoms with Gasteiger partial charge in [0.15, 0.2) is 0 Å². The molecule has 2 aromatic rings. The maximum atomic E-state index is 11.0. The number of nitrogens with one attached hydrogen (secondary N) is 1. The van der Waals surface area contributed by atoms with Gasteiger partial charge >= 0.3 is 0 Å². The maximum absolute atomic E-state index is 11.0. The number of carbonyl (C=O) groups is 1. The fraction of sp³-hybridized carbons (Fsp3) is 0.385. The molecule has 2 rings (SSSR count). The summed E-state index contributed by atoms with van der Waals surface area (Å²) in [6.45, 7) is 3.03. The highest BCUT2D eigenvalue weighted by atomic mass is 16.1. The Kier molecular flexibility index (Phi) is 3.54. The highest BCUT2D eigenvalue weighted by molar-refractivity contribution is 5.77. The van der Waals surface area contributed by atoms with Crippen LogP contribution in [0.2, 0.25) is 0 Å². The molecule has 90 valence electrons. The van der Waals surface area contributed by atoms with Crippen molar-refractivity contribution in [1.82, 2.24) is 14.9 Å². The number of aromatic nitrogens is 2. The molecule has 0 amide bonds. The van der Waals surface area contributed by atoms with Crippen LogP contribution in [0.3, 0.4) is 0 Å². The van der Waals surface area contributed by atoms with Gasteiger partial charge < -0.3 is 4.98 Å². The summed E-state index contributed by atoms with van der Waals surface area (Å²) in [6, 6.07) is 6.22. The van der Waals surface area contributed by atoms with Gasteiger partial charge in [-0.15, -0.1) is 0 Å². The Balaban J connectivity index is 1.96. The Morgan fingerprint density at radius 1 is 1.47 bits per heavy atom. The van der Waals surface area contributed by atoms with Crippen molar-refractivity contribution in [3.8, 4) is 0 Å². The first-order valence-corrected chi connectivity index (χ1v) is 5.75. The molecule has 1 heterocycles. The highest BCUT2D eigenvalue weighted by Crippen LogP contribution is 2.12. The number of nitrogens with zero attached hydrogens (tertiary/aromatic N) is 2. The zero-order valence-electron chi connectivity index (χ0n) is 10.2. The van der Waals surface area contributed by atoms with E-state index in [-0.39, 0.29) is 5.78 Å². The van der Waals surface area contributed by atoms with Gasteiger partial charge in [-0.2, -0.15) is 0 Å². The molecular weight excluding hydrogens is 214 g/mol. The van der Waals surface area contributed by atoms with Crippen molar-refractivity contribution in [3.05, 3.63) is 30.1 Å². The smallest absolute Gasteiger partial charge is 0.143 e. The van der Waals surface area contributed by atoms with Gasteiger partial charge in [-0.1, -0.05) is 6.07 Å². The van der Waals surface area contributed by atoms with Crippen molar-refractivity contribution < 1.29 is 4.79 Å². The van der Waals surface area contributed by atoms with E-state index in [1.165, 1.54) is 5.56 Å². The first-order chi connectivity index (χ1) is 8.15. The second kappa shape index (κ2) is 5.10. The van der Waals surface area contributed by atoms with Crippen LogP contribution < -0.4 is 0 Å². The lowest BCUT2D eigenvalue weighted by molar-refractivity contribution is -0.117. The van der Waals surface area contributed by atoms with Crippen molar-refractivity contribution in [3.63, 3.8) is 0 Å². The van der Waals surface area contributed by atoms with E-state index in [1.807, 2.05) is 18.0 Å². The summed E-state index contributed by atoms with van der Waals surface area (Å²) in [5.74, 6) is 0.205. The fourth-order valence-corrected chi connectivity index (χ4v) is 1.92. The Labute approximate surface area is 101 Å². The lowest BCUT2D eigenvalue weighted by atomic mass is 10.1. The molecule has 0 aliphatic rings. The molecule has 1 aromatic carbocycles. The third kappa shape index (κ3) is 3.14. The number of imidazole rings is 1. The molecule has 0 aliphatic heterocycles. The van der Waals surface area contributed by atoms with Gasteiger partial charge in [0.25, 0.3) is 0 Å². The quantitative estimate of drug-likeness (QED) is 0.850. The molecule has 0 aliphatic carbocycles. The summed E-state index contributed by atoms with van der Waals surface area (Å²) < 4.78 is 0. The molecule has 0 bridgehead atoms. The normalized spacial score (nSPS) is 11.2. The number of likely N-dealkylation sites (N-methyl/N-ethyl adjacent to an activating group) is 1. The van der Waals surface area contributed by atoms with Gasteiger partial charge in [0.2, 0.25) is 0 Å². The first kappa shape index (κ1) is 11.8. The standard InChI is InChI=1S/C13H17N3O/c1-10(17)8-16(2)6-5-11-3-4-12-13(7-11)15-9-14-12/h3-4,7,9H,5-6,8H2,1-2H3,(H,14,15). The number of H-pyrrole nitrogens is 1. The number of carbonyl (C=O) groups excluding carboxylic acids is 1. The highest BCUT2D eigenvalue weighted by Gasteiger charge is 2.03. The predicted molar refractivity (Wildman–Crippen MR) is 68.0 cm³/mol. The molecular formula is C13H17N3O. The predicted octanol–water partition coefficient (Wildman–Crippen LogP) is 1.63. The fourth-order valence-electron chi connectivity index (χ4n) is 1.92. The molecule has 0 unspecified atom stereocenters. The monoisotopic (exact) mass is 231 g/mol. The molecule has 4 nitrogen and oxygen atoms in total. The third-order valence-corrected chi connectivity index (χ3v) is 2.76. The molecule has 0 fully saturated rings. The average molecular weight is 231 g/mol. The van der Waals surface area contributed by atoms with Crippen molar-refractivity contribution in [2.24, 2.45) is 0 Å². The van der Waals surface area contributed by atoms with Gasteiger partial charge in [0.05, 0.1) is 23.9 Å². The molecule has 1 aromatic heterocycles. The van der Waals surface area contributed by atoms with E-state index < -0.39 is 0 Å². The number of Topliss-reactive ketones (excluding diaryl/α,β-unsaturated/α-hetero) is 1. The minimum atomic E-state index is 0.205. The van der Waals surface area contributed by atoms with Crippen molar-refractivity contribution in [2.45, 2.75) is 13.3 Å². The van der Waals surface area contributed by atoms with Crippen LogP contribution in [0.15, 0.2) is 24.5 Å². The minimum Gasteiger partial charge on any atom is -0.345 e. The number of rotatable bonds is 5. The largest absolute Gasteiger partial charge is 0.345 e. The van der Waals surface area contributed by atoms with Crippen molar-refractivity contribution in [1.29, 1.82) is 0 Å². The number of hydrogen-bond donors (Lipinski definition) is 1. The van der Waals surface area contributed by atoms with Crippen LogP contribution in [0.4, 0.5) is 0 Å². The summed E-state index contributed by atoms with van der Waals surface area (Å²) in [5.41, 5.74) is 3.32. The number of ketones is 1. The first-order valence-electron chi connectivity index (χ1n) is 5.75. The van der Waals surface area contributed by atoms with Crippen LogP contribution in [-0.2, 0) is 11.2 Å². The lowest BCUT2D eigenvalue weighted by Crippen LogP contribution is -2.26. The van der Waals surface area contributed by atoms with Crippen molar-refractivity contribution in [2.75, 3.05) is 20.1 Å². The molecule has 0 saturated heterocycles. The zero-order chi connectivity index (χ0) is 12.3. The van der Waals surface area contributed by atoms with E-state index >= 15 is 0 Å². The van der Waals surface area contributed by atoms with E-state index in [0.29, 0.717) is 6.54 Å². The average Bonchev–Trinajstić information content (AvgIpc) is 2.72. The number of fused-ring (bicyclic) bond motifs is 1. The molecule has 1 N–H and O–H groups in total. The molecule has 0 saturated carbocycles. The van der Waals surface area contributed by atoms with Crippen LogP contribution in [-0.4, -0.2) is 40.8 Å². The molecule has 0 spiro atoms. The molecule has 0 radical (unpaired) electrons. The SMILES string of the molecule is CC(=O)CN(C)CCc1ccc2nc[nH]c2c1. The summed E-state index contributed by atoms with van der Waals surface area (Å²) in [6.07, 6.45) is 2.65. The van der Waals surface area contributed by atoms with Crippen LogP contribution in [0.25, 0.3) is 11.0 Å². The number of hydrogen-bond acceptors (Lipinski definition) is 3.